The molecule has 3 rings (SSSR count). The van der Waals surface area contributed by atoms with Crippen molar-refractivity contribution in [1.82, 2.24) is 9.78 Å². The number of nitrogens with zero attached hydrogens (tertiary/aromatic N) is 2. The van der Waals surface area contributed by atoms with E-state index < -0.39 is 17.7 Å². The zero-order chi connectivity index (χ0) is 18.7. The number of halogens is 3. The van der Waals surface area contributed by atoms with Gasteiger partial charge in [0.2, 0.25) is 0 Å². The maximum atomic E-state index is 12.7. The van der Waals surface area contributed by atoms with Gasteiger partial charge in [0.15, 0.2) is 0 Å². The van der Waals surface area contributed by atoms with Crippen LogP contribution in [0.4, 0.5) is 13.2 Å². The number of hydrogen-bond donors (Lipinski definition) is 0. The second kappa shape index (κ2) is 7.49. The highest BCUT2D eigenvalue weighted by atomic mass is 19.4. The first-order chi connectivity index (χ1) is 12.4. The second-order valence-electron chi connectivity index (χ2n) is 6.14. The summed E-state index contributed by atoms with van der Waals surface area (Å²) in [6, 6.07) is 4.66. The van der Waals surface area contributed by atoms with Gasteiger partial charge in [-0.2, -0.15) is 18.3 Å². The van der Waals surface area contributed by atoms with Gasteiger partial charge in [0.05, 0.1) is 36.4 Å². The topological polar surface area (TPSA) is 53.4 Å². The Morgan fingerprint density at radius 1 is 1.35 bits per heavy atom. The third kappa shape index (κ3) is 3.90. The molecule has 1 atom stereocenters. The van der Waals surface area contributed by atoms with Crippen LogP contribution in [0.15, 0.2) is 30.5 Å². The fourth-order valence-corrected chi connectivity index (χ4v) is 2.88. The van der Waals surface area contributed by atoms with Crippen molar-refractivity contribution in [2.45, 2.75) is 25.9 Å². The van der Waals surface area contributed by atoms with E-state index >= 15 is 0 Å². The van der Waals surface area contributed by atoms with Gasteiger partial charge in [0.1, 0.15) is 5.56 Å². The molecule has 1 unspecified atom stereocenters. The Bertz CT molecular complexity index is 763. The maximum Gasteiger partial charge on any atom is 0.416 e. The quantitative estimate of drug-likeness (QED) is 0.756. The SMILES string of the molecule is CCc1c(C(=O)OCC2CCOC2)cnn1-c1ccc(C(F)(F)F)cc1. The monoisotopic (exact) mass is 368 g/mol. The number of hydrogen-bond acceptors (Lipinski definition) is 4. The molecule has 0 radical (unpaired) electrons. The number of ether oxygens (including phenoxy) is 2. The van der Waals surface area contributed by atoms with E-state index in [0.717, 1.165) is 18.6 Å². The predicted octanol–water partition coefficient (Wildman–Crippen LogP) is 3.65. The van der Waals surface area contributed by atoms with E-state index in [0.29, 0.717) is 36.6 Å². The van der Waals surface area contributed by atoms with Gasteiger partial charge in [-0.25, -0.2) is 9.48 Å². The Morgan fingerprint density at radius 3 is 2.65 bits per heavy atom. The van der Waals surface area contributed by atoms with Crippen molar-refractivity contribution in [2.75, 3.05) is 19.8 Å². The summed E-state index contributed by atoms with van der Waals surface area (Å²) in [6.07, 6.45) is -1.66. The van der Waals surface area contributed by atoms with Crippen LogP contribution in [0, 0.1) is 5.92 Å². The Labute approximate surface area is 148 Å². The summed E-state index contributed by atoms with van der Waals surface area (Å²) in [6.45, 7) is 3.39. The van der Waals surface area contributed by atoms with Gasteiger partial charge in [-0.1, -0.05) is 6.92 Å². The molecule has 0 N–H and O–H groups in total. The van der Waals surface area contributed by atoms with Gasteiger partial charge < -0.3 is 9.47 Å². The number of carbonyl (C=O) groups excluding carboxylic acids is 1. The summed E-state index contributed by atoms with van der Waals surface area (Å²) in [4.78, 5) is 12.3. The molecule has 8 heteroatoms. The molecule has 1 aliphatic rings. The van der Waals surface area contributed by atoms with Crippen LogP contribution < -0.4 is 0 Å². The highest BCUT2D eigenvalue weighted by molar-refractivity contribution is 5.90. The number of esters is 1. The number of aromatic nitrogens is 2. The lowest BCUT2D eigenvalue weighted by atomic mass is 10.1. The molecule has 5 nitrogen and oxygen atoms in total. The fraction of sp³-hybridized carbons (Fsp3) is 0.444. The van der Waals surface area contributed by atoms with Crippen LogP contribution in [0.2, 0.25) is 0 Å². The average molecular weight is 368 g/mol. The third-order valence-corrected chi connectivity index (χ3v) is 4.34. The number of rotatable bonds is 5. The van der Waals surface area contributed by atoms with Crippen molar-refractivity contribution in [1.29, 1.82) is 0 Å². The molecule has 1 aromatic carbocycles. The molecule has 0 aliphatic carbocycles. The molecule has 2 aromatic rings. The molecule has 0 bridgehead atoms. The van der Waals surface area contributed by atoms with Gasteiger partial charge in [-0.15, -0.1) is 0 Å². The Morgan fingerprint density at radius 2 is 2.08 bits per heavy atom. The Hall–Kier alpha value is -2.35. The minimum absolute atomic E-state index is 0.203. The maximum absolute atomic E-state index is 12.7. The summed E-state index contributed by atoms with van der Waals surface area (Å²) in [5.74, 6) is -0.277. The molecule has 140 valence electrons. The lowest BCUT2D eigenvalue weighted by Crippen LogP contribution is -2.15. The standard InChI is InChI=1S/C18H19F3N2O3/c1-2-16-15(17(24)26-11-12-7-8-25-10-12)9-22-23(16)14-5-3-13(4-6-14)18(19,20)21/h3-6,9,12H,2,7-8,10-11H2,1H3. The summed E-state index contributed by atoms with van der Waals surface area (Å²) in [5, 5.41) is 4.16. The van der Waals surface area contributed by atoms with Crippen LogP contribution in [0.25, 0.3) is 5.69 Å². The van der Waals surface area contributed by atoms with E-state index in [1.54, 1.807) is 0 Å². The van der Waals surface area contributed by atoms with Crippen molar-refractivity contribution in [2.24, 2.45) is 5.92 Å². The number of benzene rings is 1. The molecule has 1 aromatic heterocycles. The largest absolute Gasteiger partial charge is 0.462 e. The summed E-state index contributed by atoms with van der Waals surface area (Å²) >= 11 is 0. The first-order valence-corrected chi connectivity index (χ1v) is 8.39. The summed E-state index contributed by atoms with van der Waals surface area (Å²) in [7, 11) is 0. The molecular formula is C18H19F3N2O3. The van der Waals surface area contributed by atoms with Crippen LogP contribution in [0.5, 0.6) is 0 Å². The highest BCUT2D eigenvalue weighted by Crippen LogP contribution is 2.30. The molecular weight excluding hydrogens is 349 g/mol. The van der Waals surface area contributed by atoms with Gasteiger partial charge >= 0.3 is 12.1 Å². The minimum Gasteiger partial charge on any atom is -0.462 e. The van der Waals surface area contributed by atoms with Crippen molar-refractivity contribution >= 4 is 5.97 Å². The van der Waals surface area contributed by atoms with Gasteiger partial charge in [0.25, 0.3) is 0 Å². The van der Waals surface area contributed by atoms with E-state index in [9.17, 15) is 18.0 Å². The molecule has 26 heavy (non-hydrogen) atoms. The van der Waals surface area contributed by atoms with Crippen molar-refractivity contribution in [3.63, 3.8) is 0 Å². The van der Waals surface area contributed by atoms with E-state index in [4.69, 9.17) is 9.47 Å². The highest BCUT2D eigenvalue weighted by Gasteiger charge is 2.30. The van der Waals surface area contributed by atoms with E-state index in [1.807, 2.05) is 6.92 Å². The normalized spacial score (nSPS) is 17.5. The predicted molar refractivity (Wildman–Crippen MR) is 87.2 cm³/mol. The van der Waals surface area contributed by atoms with Crippen LogP contribution in [0.1, 0.15) is 35.0 Å². The summed E-state index contributed by atoms with van der Waals surface area (Å²) in [5.41, 5.74) is 0.645. The molecule has 0 spiro atoms. The van der Waals surface area contributed by atoms with E-state index in [1.165, 1.54) is 23.0 Å². The zero-order valence-electron chi connectivity index (χ0n) is 14.3. The average Bonchev–Trinajstić information content (AvgIpc) is 3.28. The molecule has 1 aliphatic heterocycles. The van der Waals surface area contributed by atoms with Crippen molar-refractivity contribution < 1.29 is 27.4 Å². The fourth-order valence-electron chi connectivity index (χ4n) is 2.88. The van der Waals surface area contributed by atoms with Crippen molar-refractivity contribution in [3.8, 4) is 5.69 Å². The van der Waals surface area contributed by atoms with E-state index in [2.05, 4.69) is 5.10 Å². The molecule has 0 saturated carbocycles. The Balaban J connectivity index is 1.78. The summed E-state index contributed by atoms with van der Waals surface area (Å²) < 4.78 is 50.2. The lowest BCUT2D eigenvalue weighted by Gasteiger charge is -2.11. The molecule has 1 saturated heterocycles. The second-order valence-corrected chi connectivity index (χ2v) is 6.14. The van der Waals surface area contributed by atoms with Crippen molar-refractivity contribution in [3.05, 3.63) is 47.3 Å². The van der Waals surface area contributed by atoms with Crippen LogP contribution in [-0.4, -0.2) is 35.6 Å². The van der Waals surface area contributed by atoms with Crippen LogP contribution >= 0.6 is 0 Å². The third-order valence-electron chi connectivity index (χ3n) is 4.34. The molecule has 0 amide bonds. The minimum atomic E-state index is -4.39. The first-order valence-electron chi connectivity index (χ1n) is 8.39. The van der Waals surface area contributed by atoms with Crippen LogP contribution in [0.3, 0.4) is 0 Å². The molecule has 1 fully saturated rings. The van der Waals surface area contributed by atoms with Gasteiger partial charge in [-0.3, -0.25) is 0 Å². The van der Waals surface area contributed by atoms with Gasteiger partial charge in [0, 0.05) is 12.5 Å². The van der Waals surface area contributed by atoms with E-state index in [-0.39, 0.29) is 12.5 Å². The zero-order valence-corrected chi connectivity index (χ0v) is 14.3. The number of carbonyl (C=O) groups is 1. The Kier molecular flexibility index (Phi) is 5.31. The van der Waals surface area contributed by atoms with Gasteiger partial charge in [-0.05, 0) is 37.1 Å². The first kappa shape index (κ1) is 18.4. The lowest BCUT2D eigenvalue weighted by molar-refractivity contribution is -0.137. The smallest absolute Gasteiger partial charge is 0.416 e. The van der Waals surface area contributed by atoms with Crippen LogP contribution in [-0.2, 0) is 22.1 Å². The number of alkyl halides is 3. The molecule has 2 heterocycles.